The molecule has 9 heteroatoms. The van der Waals surface area contributed by atoms with E-state index in [0.29, 0.717) is 23.8 Å². The average Bonchev–Trinajstić information content (AvgIpc) is 3.48. The van der Waals surface area contributed by atoms with E-state index in [2.05, 4.69) is 15.3 Å². The number of amides is 2. The van der Waals surface area contributed by atoms with Crippen molar-refractivity contribution in [3.8, 4) is 0 Å². The molecule has 2 saturated heterocycles. The molecule has 33 heavy (non-hydrogen) atoms. The summed E-state index contributed by atoms with van der Waals surface area (Å²) in [5, 5.41) is 3.41. The minimum absolute atomic E-state index is 0. The molecule has 176 valence electrons. The van der Waals surface area contributed by atoms with Gasteiger partial charge in [0, 0.05) is 32.0 Å². The second-order valence-corrected chi connectivity index (χ2v) is 9.08. The number of pyridine rings is 2. The number of hydrogen-bond donors (Lipinski definition) is 1. The van der Waals surface area contributed by atoms with Gasteiger partial charge in [0.05, 0.1) is 12.1 Å². The molecular weight excluding hydrogens is 442 g/mol. The summed E-state index contributed by atoms with van der Waals surface area (Å²) in [4.78, 5) is 37.1. The van der Waals surface area contributed by atoms with Gasteiger partial charge >= 0.3 is 6.09 Å². The highest BCUT2D eigenvalue weighted by molar-refractivity contribution is 5.94. The van der Waals surface area contributed by atoms with Crippen LogP contribution < -0.4 is 10.2 Å². The van der Waals surface area contributed by atoms with Gasteiger partial charge in [0.2, 0.25) is 0 Å². The average molecular weight is 472 g/mol. The Morgan fingerprint density at radius 2 is 1.91 bits per heavy atom. The van der Waals surface area contributed by atoms with E-state index in [1.165, 1.54) is 0 Å². The Kier molecular flexibility index (Phi) is 7.02. The fourth-order valence-electron chi connectivity index (χ4n) is 4.96. The van der Waals surface area contributed by atoms with Gasteiger partial charge in [0.1, 0.15) is 17.2 Å². The van der Waals surface area contributed by atoms with Gasteiger partial charge in [-0.05, 0) is 68.7 Å². The number of likely N-dealkylation sites (tertiary alicyclic amines) is 1. The maximum atomic E-state index is 12.4. The first-order valence-corrected chi connectivity index (χ1v) is 11.5. The second-order valence-electron chi connectivity index (χ2n) is 9.08. The van der Waals surface area contributed by atoms with Crippen LogP contribution in [0.25, 0.3) is 0 Å². The van der Waals surface area contributed by atoms with Crippen molar-refractivity contribution in [3.63, 3.8) is 0 Å². The highest BCUT2D eigenvalue weighted by Crippen LogP contribution is 2.40. The molecular formula is C24H30ClN5O3. The SMILES string of the molecule is Cl.O=C(c1ccc(NC[C@H]2CC[C@]3(CC2)CN(c2ccccn2)C(=O)O3)nc1)N1CCCC1. The lowest BCUT2D eigenvalue weighted by Crippen LogP contribution is -2.39. The first-order chi connectivity index (χ1) is 15.6. The van der Waals surface area contributed by atoms with Gasteiger partial charge in [0.25, 0.3) is 5.91 Å². The number of carbonyl (C=O) groups is 2. The highest BCUT2D eigenvalue weighted by atomic mass is 35.5. The lowest BCUT2D eigenvalue weighted by molar-refractivity contribution is 0.0148. The van der Waals surface area contributed by atoms with Crippen LogP contribution in [0.5, 0.6) is 0 Å². The van der Waals surface area contributed by atoms with Crippen molar-refractivity contribution in [2.24, 2.45) is 5.92 Å². The molecule has 5 rings (SSSR count). The van der Waals surface area contributed by atoms with Crippen molar-refractivity contribution in [3.05, 3.63) is 48.3 Å². The van der Waals surface area contributed by atoms with Gasteiger partial charge in [-0.15, -0.1) is 12.4 Å². The Hall–Kier alpha value is -2.87. The van der Waals surface area contributed by atoms with Gasteiger partial charge in [0.15, 0.2) is 0 Å². The van der Waals surface area contributed by atoms with E-state index in [1.807, 2.05) is 35.2 Å². The predicted molar refractivity (Wildman–Crippen MR) is 128 cm³/mol. The summed E-state index contributed by atoms with van der Waals surface area (Å²) in [5.41, 5.74) is 0.249. The van der Waals surface area contributed by atoms with Crippen LogP contribution in [0.2, 0.25) is 0 Å². The maximum absolute atomic E-state index is 12.4. The van der Waals surface area contributed by atoms with Crippen LogP contribution in [0.4, 0.5) is 16.4 Å². The zero-order valence-electron chi connectivity index (χ0n) is 18.6. The molecule has 3 fully saturated rings. The van der Waals surface area contributed by atoms with Crippen LogP contribution in [0.15, 0.2) is 42.7 Å². The monoisotopic (exact) mass is 471 g/mol. The third kappa shape index (κ3) is 5.05. The normalized spacial score (nSPS) is 24.5. The zero-order chi connectivity index (χ0) is 22.0. The number of hydrogen-bond acceptors (Lipinski definition) is 6. The van der Waals surface area contributed by atoms with Crippen molar-refractivity contribution in [1.29, 1.82) is 0 Å². The molecule has 1 aliphatic carbocycles. The van der Waals surface area contributed by atoms with E-state index in [4.69, 9.17) is 4.74 Å². The molecule has 0 bridgehead atoms. The first kappa shape index (κ1) is 23.3. The molecule has 2 amide bonds. The number of nitrogens with one attached hydrogen (secondary N) is 1. The second kappa shape index (κ2) is 9.95. The molecule has 0 unspecified atom stereocenters. The Balaban J connectivity index is 0.00000259. The Morgan fingerprint density at radius 1 is 1.12 bits per heavy atom. The molecule has 1 spiro atoms. The minimum Gasteiger partial charge on any atom is -0.441 e. The van der Waals surface area contributed by atoms with Crippen LogP contribution in [-0.2, 0) is 4.74 Å². The number of nitrogens with zero attached hydrogens (tertiary/aromatic N) is 4. The predicted octanol–water partition coefficient (Wildman–Crippen LogP) is 4.13. The van der Waals surface area contributed by atoms with Gasteiger partial charge < -0.3 is 15.0 Å². The largest absolute Gasteiger partial charge is 0.441 e. The molecule has 2 aromatic rings. The fraction of sp³-hybridized carbons (Fsp3) is 0.500. The molecule has 8 nitrogen and oxygen atoms in total. The van der Waals surface area contributed by atoms with Gasteiger partial charge in [-0.3, -0.25) is 9.69 Å². The molecule has 0 atom stereocenters. The molecule has 0 radical (unpaired) electrons. The molecule has 1 saturated carbocycles. The minimum atomic E-state index is -0.402. The lowest BCUT2D eigenvalue weighted by Gasteiger charge is -2.35. The standard InChI is InChI=1S/C24H29N5O3.ClH/c30-22(28-13-3-4-14-28)19-6-7-20(27-16-19)26-15-18-8-10-24(11-9-18)17-29(23(31)32-24)21-5-1-2-12-25-21;/h1-2,5-7,12,16,18H,3-4,8-11,13-15,17H2,(H,26,27);1H/t18-,24-;. The van der Waals surface area contributed by atoms with Crippen LogP contribution in [0.3, 0.4) is 0 Å². The lowest BCUT2D eigenvalue weighted by atomic mass is 9.78. The molecule has 0 aromatic carbocycles. The topological polar surface area (TPSA) is 87.7 Å². The highest BCUT2D eigenvalue weighted by Gasteiger charge is 2.47. The van der Waals surface area contributed by atoms with Crippen LogP contribution in [0, 0.1) is 5.92 Å². The van der Waals surface area contributed by atoms with E-state index in [-0.39, 0.29) is 24.4 Å². The quantitative estimate of drug-likeness (QED) is 0.705. The summed E-state index contributed by atoms with van der Waals surface area (Å²) in [5.74, 6) is 2.01. The van der Waals surface area contributed by atoms with Crippen LogP contribution in [0.1, 0.15) is 48.9 Å². The molecule has 3 aliphatic rings. The van der Waals surface area contributed by atoms with Gasteiger partial charge in [-0.2, -0.15) is 0 Å². The summed E-state index contributed by atoms with van der Waals surface area (Å²) >= 11 is 0. The number of aromatic nitrogens is 2. The molecule has 2 aliphatic heterocycles. The third-order valence-corrected chi connectivity index (χ3v) is 6.89. The zero-order valence-corrected chi connectivity index (χ0v) is 19.4. The van der Waals surface area contributed by atoms with Crippen molar-refractivity contribution < 1.29 is 14.3 Å². The van der Waals surface area contributed by atoms with Crippen molar-refractivity contribution >= 4 is 36.0 Å². The molecule has 1 N–H and O–H groups in total. The summed E-state index contributed by atoms with van der Waals surface area (Å²) < 4.78 is 5.82. The maximum Gasteiger partial charge on any atom is 0.416 e. The van der Waals surface area contributed by atoms with Gasteiger partial charge in [-0.1, -0.05) is 6.07 Å². The van der Waals surface area contributed by atoms with E-state index in [1.54, 1.807) is 17.3 Å². The Labute approximate surface area is 200 Å². The molecule has 2 aromatic heterocycles. The smallest absolute Gasteiger partial charge is 0.416 e. The number of halogens is 1. The summed E-state index contributed by atoms with van der Waals surface area (Å²) in [6, 6.07) is 9.30. The van der Waals surface area contributed by atoms with Crippen LogP contribution in [-0.4, -0.2) is 58.6 Å². The van der Waals surface area contributed by atoms with E-state index in [9.17, 15) is 9.59 Å². The first-order valence-electron chi connectivity index (χ1n) is 11.5. The Bertz CT molecular complexity index is 958. The summed E-state index contributed by atoms with van der Waals surface area (Å²) in [6.07, 6.45) is 8.92. The van der Waals surface area contributed by atoms with Gasteiger partial charge in [-0.25, -0.2) is 14.8 Å². The summed E-state index contributed by atoms with van der Waals surface area (Å²) in [6.45, 7) is 3.07. The fourth-order valence-corrected chi connectivity index (χ4v) is 4.96. The Morgan fingerprint density at radius 3 is 2.58 bits per heavy atom. The van der Waals surface area contributed by atoms with Crippen LogP contribution >= 0.6 is 12.4 Å². The van der Waals surface area contributed by atoms with E-state index >= 15 is 0 Å². The van der Waals surface area contributed by atoms with Crippen molar-refractivity contribution in [1.82, 2.24) is 14.9 Å². The summed E-state index contributed by atoms with van der Waals surface area (Å²) in [7, 11) is 0. The van der Waals surface area contributed by atoms with Crippen molar-refractivity contribution in [2.45, 2.75) is 44.1 Å². The number of ether oxygens (including phenoxy) is 1. The third-order valence-electron chi connectivity index (χ3n) is 6.89. The molecule has 4 heterocycles. The number of anilines is 2. The van der Waals surface area contributed by atoms with Crippen molar-refractivity contribution in [2.75, 3.05) is 36.4 Å². The van der Waals surface area contributed by atoms with E-state index in [0.717, 1.165) is 64.0 Å². The van der Waals surface area contributed by atoms with E-state index < -0.39 is 5.60 Å². The number of carbonyl (C=O) groups excluding carboxylic acids is 2. The number of rotatable bonds is 5.